The van der Waals surface area contributed by atoms with E-state index in [0.717, 1.165) is 6.20 Å². The van der Waals surface area contributed by atoms with Gasteiger partial charge in [-0.25, -0.2) is 0 Å². The minimum atomic E-state index is -5.92. The normalized spacial score (nSPS) is 12.9. The van der Waals surface area contributed by atoms with Crippen LogP contribution in [0.3, 0.4) is 0 Å². The van der Waals surface area contributed by atoms with E-state index in [-0.39, 0.29) is 15.4 Å². The van der Waals surface area contributed by atoms with Crippen LogP contribution in [0.5, 0.6) is 0 Å². The van der Waals surface area contributed by atoms with Crippen molar-refractivity contribution in [3.63, 3.8) is 0 Å². The van der Waals surface area contributed by atoms with E-state index < -0.39 is 23.4 Å². The smallest absolute Gasteiger partial charge is 0.360 e. The second-order valence-electron chi connectivity index (χ2n) is 3.77. The number of aromatic nitrogens is 1. The van der Waals surface area contributed by atoms with Crippen LogP contribution in [-0.2, 0) is 0 Å². The van der Waals surface area contributed by atoms with E-state index in [9.17, 15) is 26.7 Å². The number of fused-ring (bicyclic) bond motifs is 1. The van der Waals surface area contributed by atoms with Gasteiger partial charge in [0.2, 0.25) is 5.78 Å². The van der Waals surface area contributed by atoms with Crippen LogP contribution in [0.1, 0.15) is 10.4 Å². The van der Waals surface area contributed by atoms with Crippen LogP contribution in [0, 0.1) is 0 Å². The van der Waals surface area contributed by atoms with Crippen molar-refractivity contribution in [3.8, 4) is 0 Å². The van der Waals surface area contributed by atoms with Crippen molar-refractivity contribution in [2.24, 2.45) is 0 Å². The molecule has 0 bridgehead atoms. The number of rotatable bonds is 2. The molecule has 0 saturated carbocycles. The summed E-state index contributed by atoms with van der Waals surface area (Å²) in [7, 11) is 0. The Balaban J connectivity index is 2.61. The number of benzene rings is 1. The number of nitrogens with one attached hydrogen (secondary N) is 1. The van der Waals surface area contributed by atoms with Crippen molar-refractivity contribution in [2.45, 2.75) is 12.1 Å². The summed E-state index contributed by atoms with van der Waals surface area (Å²) >= 11 is 3.01. The molecule has 0 aliphatic carbocycles. The van der Waals surface area contributed by atoms with Gasteiger partial charge in [-0.1, -0.05) is 22.0 Å². The SMILES string of the molecule is O=C(c1c[nH]c2cccc(Br)c12)C(F)(F)C(F)(F)F. The Morgan fingerprint density at radius 2 is 1.79 bits per heavy atom. The van der Waals surface area contributed by atoms with E-state index in [2.05, 4.69) is 20.9 Å². The van der Waals surface area contributed by atoms with Gasteiger partial charge in [-0.2, -0.15) is 22.0 Å². The van der Waals surface area contributed by atoms with E-state index in [0.29, 0.717) is 0 Å². The lowest BCUT2D eigenvalue weighted by Gasteiger charge is -2.17. The molecule has 1 aromatic carbocycles. The zero-order valence-electron chi connectivity index (χ0n) is 8.99. The van der Waals surface area contributed by atoms with E-state index in [4.69, 9.17) is 0 Å². The zero-order valence-corrected chi connectivity index (χ0v) is 10.6. The number of hydrogen-bond acceptors (Lipinski definition) is 1. The third-order valence-corrected chi connectivity index (χ3v) is 3.20. The lowest BCUT2D eigenvalue weighted by molar-refractivity contribution is -0.255. The first-order valence-electron chi connectivity index (χ1n) is 4.91. The minimum absolute atomic E-state index is 0.00331. The number of halogens is 6. The van der Waals surface area contributed by atoms with Crippen LogP contribution < -0.4 is 0 Å². The molecule has 0 atom stereocenters. The standard InChI is InChI=1S/C11H5BrF5NO/c12-6-2-1-3-7-8(6)5(4-18-7)9(19)10(13,14)11(15,16)17/h1-4,18H. The van der Waals surface area contributed by atoms with Crippen molar-refractivity contribution >= 4 is 32.6 Å². The number of Topliss-reactive ketones (excluding diaryl/α,β-unsaturated/α-hetero) is 1. The van der Waals surface area contributed by atoms with E-state index in [1.807, 2.05) is 0 Å². The number of ketones is 1. The molecule has 8 heteroatoms. The molecule has 0 radical (unpaired) electrons. The first-order valence-corrected chi connectivity index (χ1v) is 5.70. The summed E-state index contributed by atoms with van der Waals surface area (Å²) in [5.74, 6) is -7.70. The molecule has 102 valence electrons. The summed E-state index contributed by atoms with van der Waals surface area (Å²) in [6, 6.07) is 4.46. The second-order valence-corrected chi connectivity index (χ2v) is 4.62. The zero-order chi connectivity index (χ0) is 14.4. The number of carbonyl (C=O) groups excluding carboxylic acids is 1. The maximum Gasteiger partial charge on any atom is 0.461 e. The van der Waals surface area contributed by atoms with Crippen molar-refractivity contribution in [3.05, 3.63) is 34.4 Å². The highest BCUT2D eigenvalue weighted by Crippen LogP contribution is 2.40. The van der Waals surface area contributed by atoms with E-state index in [1.165, 1.54) is 12.1 Å². The first kappa shape index (κ1) is 14.0. The molecule has 1 N–H and O–H groups in total. The van der Waals surface area contributed by atoms with Crippen molar-refractivity contribution in [1.29, 1.82) is 0 Å². The molecule has 19 heavy (non-hydrogen) atoms. The minimum Gasteiger partial charge on any atom is -0.360 e. The quantitative estimate of drug-likeness (QED) is 0.640. The molecule has 0 amide bonds. The third-order valence-electron chi connectivity index (χ3n) is 2.54. The van der Waals surface area contributed by atoms with Crippen LogP contribution in [0.4, 0.5) is 22.0 Å². The number of hydrogen-bond donors (Lipinski definition) is 1. The summed E-state index contributed by atoms with van der Waals surface area (Å²) in [6.45, 7) is 0. The summed E-state index contributed by atoms with van der Waals surface area (Å²) in [6.07, 6.45) is -5.08. The Morgan fingerprint density at radius 1 is 1.16 bits per heavy atom. The number of carbonyl (C=O) groups is 1. The molecule has 0 fully saturated rings. The van der Waals surface area contributed by atoms with Gasteiger partial charge in [0.05, 0.1) is 5.56 Å². The van der Waals surface area contributed by atoms with Gasteiger partial charge in [0.1, 0.15) is 0 Å². The van der Waals surface area contributed by atoms with Gasteiger partial charge in [-0.15, -0.1) is 0 Å². The van der Waals surface area contributed by atoms with Crippen molar-refractivity contribution in [1.82, 2.24) is 4.98 Å². The van der Waals surface area contributed by atoms with Crippen LogP contribution >= 0.6 is 15.9 Å². The third kappa shape index (κ3) is 2.13. The molecule has 2 rings (SSSR count). The highest BCUT2D eigenvalue weighted by Gasteiger charge is 2.63. The number of H-pyrrole nitrogens is 1. The molecule has 2 aromatic rings. The van der Waals surface area contributed by atoms with Crippen LogP contribution in [0.15, 0.2) is 28.9 Å². The van der Waals surface area contributed by atoms with Gasteiger partial charge in [0.25, 0.3) is 0 Å². The molecule has 1 heterocycles. The van der Waals surface area contributed by atoms with Gasteiger partial charge >= 0.3 is 12.1 Å². The van der Waals surface area contributed by atoms with E-state index >= 15 is 0 Å². The lowest BCUT2D eigenvalue weighted by atomic mass is 10.0. The van der Waals surface area contributed by atoms with E-state index in [1.54, 1.807) is 6.07 Å². The van der Waals surface area contributed by atoms with Gasteiger partial charge < -0.3 is 4.98 Å². The summed E-state index contributed by atoms with van der Waals surface area (Å²) in [5, 5.41) is -0.00331. The Hall–Kier alpha value is -1.44. The van der Waals surface area contributed by atoms with Crippen LogP contribution in [0.2, 0.25) is 0 Å². The fraction of sp³-hybridized carbons (Fsp3) is 0.182. The second kappa shape index (κ2) is 4.29. The molecule has 0 aliphatic rings. The van der Waals surface area contributed by atoms with Gasteiger partial charge in [-0.3, -0.25) is 4.79 Å². The predicted octanol–water partition coefficient (Wildman–Crippen LogP) is 4.31. The van der Waals surface area contributed by atoms with Gasteiger partial charge in [0, 0.05) is 21.6 Å². The van der Waals surface area contributed by atoms with Crippen molar-refractivity contribution in [2.75, 3.05) is 0 Å². The highest BCUT2D eigenvalue weighted by molar-refractivity contribution is 9.10. The monoisotopic (exact) mass is 341 g/mol. The van der Waals surface area contributed by atoms with Gasteiger partial charge in [-0.05, 0) is 12.1 Å². The first-order chi connectivity index (χ1) is 8.66. The van der Waals surface area contributed by atoms with Gasteiger partial charge in [0.15, 0.2) is 0 Å². The molecular weight excluding hydrogens is 337 g/mol. The molecule has 2 nitrogen and oxygen atoms in total. The number of aromatic amines is 1. The summed E-state index contributed by atoms with van der Waals surface area (Å²) < 4.78 is 62.9. The lowest BCUT2D eigenvalue weighted by Crippen LogP contribution is -2.44. The Morgan fingerprint density at radius 3 is 2.37 bits per heavy atom. The van der Waals surface area contributed by atoms with Crippen LogP contribution in [0.25, 0.3) is 10.9 Å². The molecule has 1 aromatic heterocycles. The molecule has 0 unspecified atom stereocenters. The summed E-state index contributed by atoms with van der Waals surface area (Å²) in [4.78, 5) is 13.9. The Kier molecular flexibility index (Phi) is 3.16. The Labute approximate surface area is 111 Å². The number of alkyl halides is 5. The summed E-state index contributed by atoms with van der Waals surface area (Å²) in [5.41, 5.74) is -0.416. The molecule has 0 saturated heterocycles. The Bertz CT molecular complexity index is 646. The fourth-order valence-corrected chi connectivity index (χ4v) is 2.20. The maximum atomic E-state index is 13.0. The average Bonchev–Trinajstić information content (AvgIpc) is 2.71. The topological polar surface area (TPSA) is 32.9 Å². The van der Waals surface area contributed by atoms with Crippen LogP contribution in [-0.4, -0.2) is 22.9 Å². The average molecular weight is 342 g/mol. The van der Waals surface area contributed by atoms with Crippen molar-refractivity contribution < 1.29 is 26.7 Å². The molecule has 0 aliphatic heterocycles. The largest absolute Gasteiger partial charge is 0.461 e. The molecular formula is C11H5BrF5NO. The molecule has 0 spiro atoms. The fourth-order valence-electron chi connectivity index (χ4n) is 1.62. The highest BCUT2D eigenvalue weighted by atomic mass is 79.9. The predicted molar refractivity (Wildman–Crippen MR) is 61.3 cm³/mol. The maximum absolute atomic E-state index is 13.0.